The van der Waals surface area contributed by atoms with Gasteiger partial charge in [-0.15, -0.1) is 0 Å². The van der Waals surface area contributed by atoms with Gasteiger partial charge >= 0.3 is 5.97 Å². The topological polar surface area (TPSA) is 103 Å². The Morgan fingerprint density at radius 2 is 1.97 bits per heavy atom. The lowest BCUT2D eigenvalue weighted by atomic mass is 9.92. The highest BCUT2D eigenvalue weighted by molar-refractivity contribution is 7.98. The Bertz CT molecular complexity index is 1250. The third-order valence-corrected chi connectivity index (χ3v) is 5.99. The van der Waals surface area contributed by atoms with Crippen LogP contribution < -0.4 is 5.32 Å². The monoisotopic (exact) mass is 471 g/mol. The van der Waals surface area contributed by atoms with E-state index in [2.05, 4.69) is 16.4 Å². The minimum atomic E-state index is -1.06. The highest BCUT2D eigenvalue weighted by atomic mass is 32.2. The zero-order valence-corrected chi connectivity index (χ0v) is 19.8. The van der Waals surface area contributed by atoms with Crippen LogP contribution in [0.5, 0.6) is 0 Å². The second kappa shape index (κ2) is 11.8. The van der Waals surface area contributed by atoms with Gasteiger partial charge in [0.25, 0.3) is 5.91 Å². The van der Waals surface area contributed by atoms with Crippen molar-refractivity contribution < 1.29 is 14.7 Å². The van der Waals surface area contributed by atoms with Crippen LogP contribution in [-0.4, -0.2) is 40.0 Å². The molecule has 1 atom stereocenters. The molecule has 6 nitrogen and oxygen atoms in total. The number of aromatic nitrogens is 1. The van der Waals surface area contributed by atoms with E-state index in [0.29, 0.717) is 34.4 Å². The summed E-state index contributed by atoms with van der Waals surface area (Å²) in [5.41, 5.74) is 4.77. The number of allylic oxidation sites excluding steroid dienone is 1. The maximum Gasteiger partial charge on any atom is 0.326 e. The van der Waals surface area contributed by atoms with E-state index in [-0.39, 0.29) is 0 Å². The quantitative estimate of drug-likeness (QED) is 0.423. The molecular weight excluding hydrogens is 446 g/mol. The molecule has 1 aromatic heterocycles. The van der Waals surface area contributed by atoms with Crippen LogP contribution in [0, 0.1) is 18.3 Å². The number of amides is 1. The number of aryl methyl sites for hydroxylation is 1. The van der Waals surface area contributed by atoms with Gasteiger partial charge in [-0.3, -0.25) is 9.78 Å². The molecule has 0 bridgehead atoms. The molecule has 0 aliphatic heterocycles. The number of hydrogen-bond donors (Lipinski definition) is 2. The lowest BCUT2D eigenvalue weighted by Crippen LogP contribution is -2.41. The standard InChI is InChI=1S/C27H25N3O3S/c1-18-6-3-4-8-22(18)24-15-19(14-21(16-28)20-7-5-12-29-17-20)9-10-23(24)26(31)30-25(27(32)33)11-13-34-2/h3-10,12,14-15,17,25H,11,13H2,1-2H3,(H,30,31)(H,32,33)/b21-14-/t25-/m0/s1. The number of aliphatic carboxylic acids is 1. The van der Waals surface area contributed by atoms with Crippen molar-refractivity contribution in [2.75, 3.05) is 12.0 Å². The molecule has 0 saturated carbocycles. The summed E-state index contributed by atoms with van der Waals surface area (Å²) in [6.07, 6.45) is 7.24. The molecule has 3 rings (SSSR count). The first-order valence-corrected chi connectivity index (χ1v) is 12.1. The Balaban J connectivity index is 2.06. The molecule has 172 valence electrons. The largest absolute Gasteiger partial charge is 0.480 e. The molecule has 2 aromatic carbocycles. The Morgan fingerprint density at radius 3 is 2.62 bits per heavy atom. The lowest BCUT2D eigenvalue weighted by Gasteiger charge is -2.17. The van der Waals surface area contributed by atoms with Crippen molar-refractivity contribution in [1.82, 2.24) is 10.3 Å². The van der Waals surface area contributed by atoms with Gasteiger partial charge in [-0.2, -0.15) is 17.0 Å². The summed E-state index contributed by atoms with van der Waals surface area (Å²) in [7, 11) is 0. The summed E-state index contributed by atoms with van der Waals surface area (Å²) in [4.78, 5) is 28.9. The predicted molar refractivity (Wildman–Crippen MR) is 136 cm³/mol. The summed E-state index contributed by atoms with van der Waals surface area (Å²) in [6, 6.07) is 17.8. The van der Waals surface area contributed by atoms with Crippen LogP contribution in [0.25, 0.3) is 22.8 Å². The molecule has 0 saturated heterocycles. The van der Waals surface area contributed by atoms with Crippen molar-refractivity contribution in [2.45, 2.75) is 19.4 Å². The Kier molecular flexibility index (Phi) is 8.60. The minimum absolute atomic E-state index is 0.333. The molecule has 34 heavy (non-hydrogen) atoms. The highest BCUT2D eigenvalue weighted by Crippen LogP contribution is 2.30. The first kappa shape index (κ1) is 24.7. The number of carbonyl (C=O) groups excluding carboxylic acids is 1. The predicted octanol–water partition coefficient (Wildman–Crippen LogP) is 5.06. The van der Waals surface area contributed by atoms with Crippen LogP contribution in [0.2, 0.25) is 0 Å². The third-order valence-electron chi connectivity index (χ3n) is 5.34. The molecular formula is C27H25N3O3S. The van der Waals surface area contributed by atoms with Crippen molar-refractivity contribution in [3.63, 3.8) is 0 Å². The highest BCUT2D eigenvalue weighted by Gasteiger charge is 2.22. The lowest BCUT2D eigenvalue weighted by molar-refractivity contribution is -0.139. The summed E-state index contributed by atoms with van der Waals surface area (Å²) >= 11 is 1.53. The fourth-order valence-electron chi connectivity index (χ4n) is 3.55. The van der Waals surface area contributed by atoms with Crippen LogP contribution in [0.3, 0.4) is 0 Å². The molecule has 0 aliphatic rings. The zero-order chi connectivity index (χ0) is 24.5. The van der Waals surface area contributed by atoms with E-state index < -0.39 is 17.9 Å². The van der Waals surface area contributed by atoms with E-state index in [1.54, 1.807) is 36.7 Å². The first-order chi connectivity index (χ1) is 16.4. The van der Waals surface area contributed by atoms with Gasteiger partial charge in [0, 0.05) is 23.5 Å². The second-order valence-electron chi connectivity index (χ2n) is 7.68. The van der Waals surface area contributed by atoms with E-state index in [9.17, 15) is 20.0 Å². The van der Waals surface area contributed by atoms with Gasteiger partial charge in [-0.1, -0.05) is 36.4 Å². The Labute approximate surface area is 203 Å². The SMILES string of the molecule is CSCC[C@H](NC(=O)c1ccc(/C=C(/C#N)c2cccnc2)cc1-c1ccccc1C)C(=O)O. The number of hydrogen-bond acceptors (Lipinski definition) is 5. The van der Waals surface area contributed by atoms with Crippen LogP contribution in [0.15, 0.2) is 67.0 Å². The normalized spacial score (nSPS) is 12.0. The molecule has 0 aliphatic carbocycles. The van der Waals surface area contributed by atoms with E-state index in [0.717, 1.165) is 16.7 Å². The zero-order valence-electron chi connectivity index (χ0n) is 19.0. The molecule has 2 N–H and O–H groups in total. The third kappa shape index (κ3) is 6.12. The number of nitrogens with one attached hydrogen (secondary N) is 1. The molecule has 1 heterocycles. The summed E-state index contributed by atoms with van der Waals surface area (Å²) in [6.45, 7) is 1.95. The summed E-state index contributed by atoms with van der Waals surface area (Å²) in [5, 5.41) is 21.9. The van der Waals surface area contributed by atoms with Crippen LogP contribution in [-0.2, 0) is 4.79 Å². The molecule has 3 aromatic rings. The van der Waals surface area contributed by atoms with Crippen LogP contribution in [0.1, 0.15) is 33.5 Å². The molecule has 0 radical (unpaired) electrons. The second-order valence-corrected chi connectivity index (χ2v) is 8.66. The van der Waals surface area contributed by atoms with Gasteiger partial charge in [0.2, 0.25) is 0 Å². The Morgan fingerprint density at radius 1 is 1.18 bits per heavy atom. The number of benzene rings is 2. The fraction of sp³-hybridized carbons (Fsp3) is 0.185. The number of carboxylic acids is 1. The fourth-order valence-corrected chi connectivity index (χ4v) is 4.02. The molecule has 0 fully saturated rings. The van der Waals surface area contributed by atoms with Crippen LogP contribution >= 0.6 is 11.8 Å². The maximum absolute atomic E-state index is 13.2. The number of carbonyl (C=O) groups is 2. The first-order valence-electron chi connectivity index (χ1n) is 10.7. The van der Waals surface area contributed by atoms with Gasteiger partial charge in [-0.05, 0) is 71.9 Å². The van der Waals surface area contributed by atoms with E-state index in [4.69, 9.17) is 0 Å². The number of pyridine rings is 1. The number of rotatable bonds is 9. The molecule has 0 spiro atoms. The van der Waals surface area contributed by atoms with Crippen molar-refractivity contribution in [3.05, 3.63) is 89.2 Å². The van der Waals surface area contributed by atoms with Gasteiger partial charge < -0.3 is 10.4 Å². The average Bonchev–Trinajstić information content (AvgIpc) is 2.85. The average molecular weight is 472 g/mol. The van der Waals surface area contributed by atoms with Crippen molar-refractivity contribution in [3.8, 4) is 17.2 Å². The number of nitrogens with zero attached hydrogens (tertiary/aromatic N) is 2. The molecule has 1 amide bonds. The van der Waals surface area contributed by atoms with Gasteiger partial charge in [0.15, 0.2) is 0 Å². The van der Waals surface area contributed by atoms with Crippen LogP contribution in [0.4, 0.5) is 0 Å². The Hall–Kier alpha value is -3.89. The number of carboxylic acid groups (broad SMARTS) is 1. The minimum Gasteiger partial charge on any atom is -0.480 e. The number of nitriles is 1. The van der Waals surface area contributed by atoms with Gasteiger partial charge in [0.1, 0.15) is 6.04 Å². The molecule has 0 unspecified atom stereocenters. The summed E-state index contributed by atoms with van der Waals surface area (Å²) < 4.78 is 0. The number of thioether (sulfide) groups is 1. The van der Waals surface area contributed by atoms with Crippen molar-refractivity contribution >= 4 is 35.3 Å². The maximum atomic E-state index is 13.2. The summed E-state index contributed by atoms with van der Waals surface area (Å²) in [5.74, 6) is -0.888. The van der Waals surface area contributed by atoms with E-state index >= 15 is 0 Å². The smallest absolute Gasteiger partial charge is 0.326 e. The van der Waals surface area contributed by atoms with Crippen molar-refractivity contribution in [1.29, 1.82) is 5.26 Å². The molecule has 7 heteroatoms. The van der Waals surface area contributed by atoms with Gasteiger partial charge in [0.05, 0.1) is 11.6 Å². The van der Waals surface area contributed by atoms with Gasteiger partial charge in [-0.25, -0.2) is 4.79 Å². The van der Waals surface area contributed by atoms with E-state index in [1.807, 2.05) is 49.6 Å². The van der Waals surface area contributed by atoms with E-state index in [1.165, 1.54) is 11.8 Å². The van der Waals surface area contributed by atoms with Crippen molar-refractivity contribution in [2.24, 2.45) is 0 Å².